The summed E-state index contributed by atoms with van der Waals surface area (Å²) in [6.07, 6.45) is -2.39. The minimum Gasteiger partial charge on any atom is -0.435 e. The fraction of sp³-hybridized carbons (Fsp3) is 0.533. The summed E-state index contributed by atoms with van der Waals surface area (Å²) in [5, 5.41) is 90.2. The van der Waals surface area contributed by atoms with Crippen molar-refractivity contribution in [3.63, 3.8) is 0 Å². The van der Waals surface area contributed by atoms with Gasteiger partial charge in [0.15, 0.2) is 34.1 Å². The van der Waals surface area contributed by atoms with E-state index in [2.05, 4.69) is 41.4 Å². The van der Waals surface area contributed by atoms with E-state index in [1.54, 1.807) is 0 Å². The highest BCUT2D eigenvalue weighted by Gasteiger charge is 2.44. The maximum absolute atomic E-state index is 12.5. The molecular formula is C30H40N12O18. The second-order valence-electron chi connectivity index (χ2n) is 11.9. The molecule has 2 aromatic carbocycles. The molecule has 30 heteroatoms. The van der Waals surface area contributed by atoms with Crippen molar-refractivity contribution in [2.24, 2.45) is 0 Å². The highest BCUT2D eigenvalue weighted by atomic mass is 16.7. The van der Waals surface area contributed by atoms with Gasteiger partial charge < -0.3 is 50.8 Å². The molecule has 0 fully saturated rings. The number of carbonyl (C=O) groups excluding carboxylic acids is 2. The van der Waals surface area contributed by atoms with Gasteiger partial charge in [0.1, 0.15) is 13.2 Å². The summed E-state index contributed by atoms with van der Waals surface area (Å²) in [5.41, 5.74) is -11.0. The summed E-state index contributed by atoms with van der Waals surface area (Å²) in [6, 6.07) is 0. The van der Waals surface area contributed by atoms with E-state index in [1.165, 1.54) is 13.8 Å². The molecule has 0 spiro atoms. The summed E-state index contributed by atoms with van der Waals surface area (Å²) in [6.45, 7) is -0.189. The monoisotopic (exact) mass is 856 g/mol. The highest BCUT2D eigenvalue weighted by Crippen LogP contribution is 2.54. The molecule has 0 radical (unpaired) electrons. The number of fused-ring (bicyclic) bond motifs is 4. The van der Waals surface area contributed by atoms with Crippen LogP contribution in [0.25, 0.3) is 0 Å². The molecule has 1 heterocycles. The first-order valence-corrected chi connectivity index (χ1v) is 17.9. The maximum atomic E-state index is 12.5. The predicted molar refractivity (Wildman–Crippen MR) is 208 cm³/mol. The topological polar surface area (TPSA) is 402 Å². The number of carbonyl (C=O) groups is 2. The van der Waals surface area contributed by atoms with E-state index in [0.29, 0.717) is 0 Å². The Morgan fingerprint density at radius 3 is 0.933 bits per heavy atom. The van der Waals surface area contributed by atoms with Crippen LogP contribution < -0.4 is 31.9 Å². The first-order chi connectivity index (χ1) is 28.6. The van der Waals surface area contributed by atoms with Gasteiger partial charge in [-0.2, -0.15) is 0 Å². The third kappa shape index (κ3) is 11.6. The van der Waals surface area contributed by atoms with Crippen LogP contribution in [0.4, 0.5) is 77.8 Å². The fourth-order valence-electron chi connectivity index (χ4n) is 5.82. The number of ether oxygens (including phenoxy) is 4. The standard InChI is InChI=1S/C30H40N12O18/c1-3-57-29(43)59-15-13-35-21-25(39(49)50)17-23(37(45)46)18(26(21)40(51)52)32-10-6-8-12-34-20-24(38(47)48)19(33-11-7-5-9-31-17)27(41(53)54)22(28(20)42(55)56)36-14-16-60-30(44)58-4-2/h31-36H,3-16H2,1-2H3. The van der Waals surface area contributed by atoms with Crippen molar-refractivity contribution < 1.29 is 58.1 Å². The van der Waals surface area contributed by atoms with Crippen molar-refractivity contribution in [2.45, 2.75) is 39.5 Å². The maximum Gasteiger partial charge on any atom is 0.508 e. The Hall–Kier alpha value is -7.82. The van der Waals surface area contributed by atoms with E-state index in [4.69, 9.17) is 9.47 Å². The zero-order valence-corrected chi connectivity index (χ0v) is 31.9. The molecule has 0 saturated carbocycles. The molecule has 6 N–H and O–H groups in total. The Morgan fingerprint density at radius 2 is 0.717 bits per heavy atom. The lowest BCUT2D eigenvalue weighted by atomic mass is 10.1. The molecule has 0 saturated heterocycles. The Bertz CT molecular complexity index is 1760. The van der Waals surface area contributed by atoms with Crippen molar-refractivity contribution in [1.82, 2.24) is 0 Å². The molecule has 60 heavy (non-hydrogen) atoms. The molecule has 0 aliphatic carbocycles. The number of nitrogens with zero attached hydrogens (tertiary/aromatic N) is 6. The lowest BCUT2D eigenvalue weighted by Gasteiger charge is -2.18. The van der Waals surface area contributed by atoms with E-state index in [0.717, 1.165) is 0 Å². The number of nitro groups is 6. The summed E-state index contributed by atoms with van der Waals surface area (Å²) < 4.78 is 18.9. The van der Waals surface area contributed by atoms with Gasteiger partial charge in [0.2, 0.25) is 0 Å². The summed E-state index contributed by atoms with van der Waals surface area (Å²) in [5.74, 6) is 0. The average molecular weight is 857 g/mol. The molecule has 328 valence electrons. The molecule has 0 unspecified atom stereocenters. The SMILES string of the molecule is CCOC(=O)OCCNc1c([N+](=O)[O-])c2c([N+](=O)[O-])c(c1[N+](=O)[O-])NCCCCNc1c([N+](=O)[O-])c(c([N+](=O)[O-])c(NCCOC(=O)OCC)c1[N+](=O)[O-])NCCCCN2. The first kappa shape index (κ1) is 46.6. The smallest absolute Gasteiger partial charge is 0.435 e. The molecule has 2 aromatic rings. The number of benzene rings is 2. The van der Waals surface area contributed by atoms with Gasteiger partial charge >= 0.3 is 46.4 Å². The van der Waals surface area contributed by atoms with Gasteiger partial charge in [-0.15, -0.1) is 0 Å². The van der Waals surface area contributed by atoms with Gasteiger partial charge in [-0.3, -0.25) is 60.7 Å². The first-order valence-electron chi connectivity index (χ1n) is 17.9. The van der Waals surface area contributed by atoms with Crippen LogP contribution in [0.1, 0.15) is 39.5 Å². The number of nitrogens with one attached hydrogen (secondary N) is 6. The third-order valence-electron chi connectivity index (χ3n) is 8.12. The molecule has 30 nitrogen and oxygen atoms in total. The lowest BCUT2D eigenvalue weighted by Crippen LogP contribution is -2.20. The third-order valence-corrected chi connectivity index (χ3v) is 8.12. The number of anilines is 6. The number of hydrogen-bond donors (Lipinski definition) is 6. The Morgan fingerprint density at radius 1 is 0.467 bits per heavy atom. The second kappa shape index (κ2) is 22.2. The lowest BCUT2D eigenvalue weighted by molar-refractivity contribution is -0.399. The number of rotatable bonds is 16. The second-order valence-corrected chi connectivity index (χ2v) is 11.9. The molecule has 3 rings (SSSR count). The van der Waals surface area contributed by atoms with Crippen molar-refractivity contribution >= 4 is 80.6 Å². The van der Waals surface area contributed by atoms with E-state index in [9.17, 15) is 70.3 Å². The molecular weight excluding hydrogens is 816 g/mol. The van der Waals surface area contributed by atoms with Gasteiger partial charge in [-0.05, 0) is 39.5 Å². The fourth-order valence-corrected chi connectivity index (χ4v) is 5.82. The summed E-state index contributed by atoms with van der Waals surface area (Å²) >= 11 is 0. The van der Waals surface area contributed by atoms with Gasteiger partial charge in [0.25, 0.3) is 0 Å². The zero-order chi connectivity index (χ0) is 44.5. The normalized spacial score (nSPS) is 12.8. The van der Waals surface area contributed by atoms with Crippen LogP contribution >= 0.6 is 0 Å². The zero-order valence-electron chi connectivity index (χ0n) is 31.9. The van der Waals surface area contributed by atoms with Crippen LogP contribution in [0.15, 0.2) is 0 Å². The van der Waals surface area contributed by atoms with E-state index >= 15 is 0 Å². The average Bonchev–Trinajstić information content (AvgIpc) is 3.16. The molecule has 0 atom stereocenters. The van der Waals surface area contributed by atoms with E-state index in [-0.39, 0.29) is 65.1 Å². The van der Waals surface area contributed by atoms with Gasteiger partial charge in [0, 0.05) is 39.3 Å². The molecule has 4 bridgehead atoms. The summed E-state index contributed by atoms with van der Waals surface area (Å²) in [7, 11) is 0. The van der Waals surface area contributed by atoms with Crippen LogP contribution in [0.5, 0.6) is 0 Å². The van der Waals surface area contributed by atoms with Gasteiger partial charge in [-0.25, -0.2) is 9.59 Å². The highest BCUT2D eigenvalue weighted by molar-refractivity contribution is 6.01. The van der Waals surface area contributed by atoms with Crippen LogP contribution in [-0.4, -0.2) is 108 Å². The Balaban J connectivity index is 2.13. The largest absolute Gasteiger partial charge is 0.508 e. The molecule has 1 aliphatic heterocycles. The van der Waals surface area contributed by atoms with Crippen LogP contribution in [0.2, 0.25) is 0 Å². The van der Waals surface area contributed by atoms with Crippen molar-refractivity contribution in [2.75, 3.05) is 97.6 Å². The van der Waals surface area contributed by atoms with Crippen LogP contribution in [-0.2, 0) is 18.9 Å². The Kier molecular flexibility index (Phi) is 17.2. The Labute approximate surface area is 336 Å². The minimum atomic E-state index is -1.10. The van der Waals surface area contributed by atoms with Crippen LogP contribution in [0, 0.1) is 60.7 Å². The van der Waals surface area contributed by atoms with Crippen molar-refractivity contribution in [1.29, 1.82) is 0 Å². The quantitative estimate of drug-likeness (QED) is 0.0544. The van der Waals surface area contributed by atoms with Crippen molar-refractivity contribution in [3.8, 4) is 0 Å². The van der Waals surface area contributed by atoms with Crippen LogP contribution in [0.3, 0.4) is 0 Å². The summed E-state index contributed by atoms with van der Waals surface area (Å²) in [4.78, 5) is 91.8. The predicted octanol–water partition coefficient (Wildman–Crippen LogP) is 5.23. The molecule has 0 amide bonds. The van der Waals surface area contributed by atoms with Gasteiger partial charge in [-0.1, -0.05) is 0 Å². The molecule has 1 aliphatic rings. The van der Waals surface area contributed by atoms with E-state index in [1.807, 2.05) is 0 Å². The van der Waals surface area contributed by atoms with E-state index < -0.39 is 136 Å². The van der Waals surface area contributed by atoms with Crippen molar-refractivity contribution in [3.05, 3.63) is 60.7 Å². The van der Waals surface area contributed by atoms with Gasteiger partial charge in [0.05, 0.1) is 42.8 Å². The number of hydrogen-bond acceptors (Lipinski definition) is 24. The molecule has 0 aromatic heterocycles. The number of nitro benzene ring substituents is 6. The minimum absolute atomic E-state index is 0.0379.